The van der Waals surface area contributed by atoms with Crippen LogP contribution in [-0.2, 0) is 4.79 Å². The highest BCUT2D eigenvalue weighted by Crippen LogP contribution is 2.24. The second kappa shape index (κ2) is 6.09. The van der Waals surface area contributed by atoms with E-state index in [9.17, 15) is 9.18 Å². The molecule has 2 rings (SSSR count). The van der Waals surface area contributed by atoms with Crippen LogP contribution in [0, 0.1) is 5.82 Å². The van der Waals surface area contributed by atoms with Gasteiger partial charge >= 0.3 is 0 Å². The summed E-state index contributed by atoms with van der Waals surface area (Å²) in [5, 5.41) is 5.87. The summed E-state index contributed by atoms with van der Waals surface area (Å²) >= 11 is 1.93. The first kappa shape index (κ1) is 13.2. The van der Waals surface area contributed by atoms with Crippen LogP contribution in [0.15, 0.2) is 18.2 Å². The first-order valence-corrected chi connectivity index (χ1v) is 7.22. The highest BCUT2D eigenvalue weighted by molar-refractivity contribution is 7.99. The highest BCUT2D eigenvalue weighted by Gasteiger charge is 2.14. The average Bonchev–Trinajstić information content (AvgIpc) is 2.34. The first-order valence-electron chi connectivity index (χ1n) is 6.06. The number of hydrogen-bond donors (Lipinski definition) is 2. The van der Waals surface area contributed by atoms with Gasteiger partial charge in [0.25, 0.3) is 0 Å². The van der Waals surface area contributed by atoms with Crippen LogP contribution in [0.1, 0.15) is 19.8 Å². The molecule has 0 bridgehead atoms. The van der Waals surface area contributed by atoms with Crippen LogP contribution < -0.4 is 10.6 Å². The van der Waals surface area contributed by atoms with E-state index in [0.717, 1.165) is 17.9 Å². The van der Waals surface area contributed by atoms with E-state index in [1.807, 2.05) is 11.8 Å². The minimum Gasteiger partial charge on any atom is -0.381 e. The van der Waals surface area contributed by atoms with Crippen LogP contribution in [0.25, 0.3) is 0 Å². The average molecular weight is 268 g/mol. The first-order chi connectivity index (χ1) is 8.65. The van der Waals surface area contributed by atoms with Gasteiger partial charge < -0.3 is 10.6 Å². The van der Waals surface area contributed by atoms with Gasteiger partial charge in [0.1, 0.15) is 5.82 Å². The molecule has 3 nitrogen and oxygen atoms in total. The molecule has 0 aromatic heterocycles. The van der Waals surface area contributed by atoms with E-state index < -0.39 is 5.82 Å². The van der Waals surface area contributed by atoms with Crippen LogP contribution in [0.4, 0.5) is 15.8 Å². The van der Waals surface area contributed by atoms with E-state index >= 15 is 0 Å². The van der Waals surface area contributed by atoms with Crippen molar-refractivity contribution in [2.45, 2.75) is 25.8 Å². The molecule has 1 saturated heterocycles. The van der Waals surface area contributed by atoms with Gasteiger partial charge in [-0.1, -0.05) is 0 Å². The third kappa shape index (κ3) is 3.63. The second-order valence-electron chi connectivity index (χ2n) is 4.43. The predicted molar refractivity (Wildman–Crippen MR) is 74.7 cm³/mol. The second-order valence-corrected chi connectivity index (χ2v) is 5.58. The summed E-state index contributed by atoms with van der Waals surface area (Å²) in [5.74, 6) is 1.62. The molecule has 1 aromatic carbocycles. The molecule has 1 atom stereocenters. The molecule has 2 N–H and O–H groups in total. The Hall–Kier alpha value is -1.23. The molecule has 1 aliphatic rings. The topological polar surface area (TPSA) is 41.1 Å². The van der Waals surface area contributed by atoms with Gasteiger partial charge in [0.05, 0.1) is 5.69 Å². The van der Waals surface area contributed by atoms with Crippen molar-refractivity contribution in [3.05, 3.63) is 24.0 Å². The van der Waals surface area contributed by atoms with Gasteiger partial charge in [0.15, 0.2) is 0 Å². The van der Waals surface area contributed by atoms with Crippen LogP contribution in [0.2, 0.25) is 0 Å². The van der Waals surface area contributed by atoms with E-state index in [-0.39, 0.29) is 11.6 Å². The Labute approximate surface area is 111 Å². The van der Waals surface area contributed by atoms with Crippen molar-refractivity contribution in [3.8, 4) is 0 Å². The standard InChI is InChI=1S/C13H17FN2OS/c1-9(17)15-13-7-10(4-5-12(13)14)16-11-3-2-6-18-8-11/h4-5,7,11,16H,2-3,6,8H2,1H3,(H,15,17). The van der Waals surface area contributed by atoms with Gasteiger partial charge in [0.2, 0.25) is 5.91 Å². The summed E-state index contributed by atoms with van der Waals surface area (Å²) in [4.78, 5) is 11.0. The minimum absolute atomic E-state index is 0.232. The van der Waals surface area contributed by atoms with Gasteiger partial charge in [-0.05, 0) is 36.8 Å². The van der Waals surface area contributed by atoms with Gasteiger partial charge in [-0.15, -0.1) is 0 Å². The summed E-state index contributed by atoms with van der Waals surface area (Å²) in [7, 11) is 0. The zero-order valence-corrected chi connectivity index (χ0v) is 11.1. The van der Waals surface area contributed by atoms with Gasteiger partial charge in [-0.2, -0.15) is 11.8 Å². The molecule has 5 heteroatoms. The summed E-state index contributed by atoms with van der Waals surface area (Å²) in [5.41, 5.74) is 1.09. The van der Waals surface area contributed by atoms with Crippen LogP contribution in [-0.4, -0.2) is 23.5 Å². The summed E-state index contributed by atoms with van der Waals surface area (Å²) < 4.78 is 13.5. The number of anilines is 2. The van der Waals surface area contributed by atoms with Crippen molar-refractivity contribution in [2.75, 3.05) is 22.1 Å². The van der Waals surface area contributed by atoms with Crippen molar-refractivity contribution < 1.29 is 9.18 Å². The molecule has 1 aliphatic heterocycles. The van der Waals surface area contributed by atoms with Crippen molar-refractivity contribution in [1.29, 1.82) is 0 Å². The number of hydrogen-bond acceptors (Lipinski definition) is 3. The number of amides is 1. The lowest BCUT2D eigenvalue weighted by molar-refractivity contribution is -0.114. The largest absolute Gasteiger partial charge is 0.381 e. The SMILES string of the molecule is CC(=O)Nc1cc(NC2CCCSC2)ccc1F. The maximum atomic E-state index is 13.5. The Balaban J connectivity index is 2.05. The predicted octanol–water partition coefficient (Wildman–Crippen LogP) is 3.09. The third-order valence-electron chi connectivity index (χ3n) is 2.81. The molecule has 0 radical (unpaired) electrons. The van der Waals surface area contributed by atoms with Crippen molar-refractivity contribution in [2.24, 2.45) is 0 Å². The van der Waals surface area contributed by atoms with Crippen molar-refractivity contribution in [1.82, 2.24) is 0 Å². The Morgan fingerprint density at radius 3 is 3.00 bits per heavy atom. The van der Waals surface area contributed by atoms with E-state index in [0.29, 0.717) is 6.04 Å². The molecule has 18 heavy (non-hydrogen) atoms. The van der Waals surface area contributed by atoms with E-state index in [2.05, 4.69) is 10.6 Å². The van der Waals surface area contributed by atoms with E-state index in [1.54, 1.807) is 12.1 Å². The number of rotatable bonds is 3. The van der Waals surface area contributed by atoms with E-state index in [4.69, 9.17) is 0 Å². The number of nitrogens with one attached hydrogen (secondary N) is 2. The summed E-state index contributed by atoms with van der Waals surface area (Å²) in [6.45, 7) is 1.37. The van der Waals surface area contributed by atoms with Crippen molar-refractivity contribution in [3.63, 3.8) is 0 Å². The molecular formula is C13H17FN2OS. The fraction of sp³-hybridized carbons (Fsp3) is 0.462. The zero-order valence-electron chi connectivity index (χ0n) is 10.3. The molecule has 0 aliphatic carbocycles. The monoisotopic (exact) mass is 268 g/mol. The van der Waals surface area contributed by atoms with Gasteiger partial charge in [0, 0.05) is 24.4 Å². The van der Waals surface area contributed by atoms with Crippen LogP contribution in [0.5, 0.6) is 0 Å². The Bertz CT molecular complexity index is 433. The maximum Gasteiger partial charge on any atom is 0.221 e. The number of halogens is 1. The number of benzene rings is 1. The molecule has 98 valence electrons. The normalized spacial score (nSPS) is 19.3. The smallest absolute Gasteiger partial charge is 0.221 e. The summed E-state index contributed by atoms with van der Waals surface area (Å²) in [6.07, 6.45) is 2.35. The fourth-order valence-corrected chi connectivity index (χ4v) is 3.06. The minimum atomic E-state index is -0.409. The fourth-order valence-electron chi connectivity index (χ4n) is 1.99. The van der Waals surface area contributed by atoms with Gasteiger partial charge in [-0.25, -0.2) is 4.39 Å². The lowest BCUT2D eigenvalue weighted by atomic mass is 10.1. The van der Waals surface area contributed by atoms with E-state index in [1.165, 1.54) is 25.2 Å². The number of thioether (sulfide) groups is 1. The van der Waals surface area contributed by atoms with Crippen LogP contribution in [0.3, 0.4) is 0 Å². The molecule has 1 heterocycles. The molecule has 1 unspecified atom stereocenters. The molecule has 1 fully saturated rings. The summed E-state index contributed by atoms with van der Waals surface area (Å²) in [6, 6.07) is 5.17. The lowest BCUT2D eigenvalue weighted by Gasteiger charge is -2.23. The molecule has 0 spiro atoms. The third-order valence-corrected chi connectivity index (χ3v) is 4.02. The van der Waals surface area contributed by atoms with Crippen LogP contribution >= 0.6 is 11.8 Å². The quantitative estimate of drug-likeness (QED) is 0.885. The Kier molecular flexibility index (Phi) is 4.47. The number of carbonyl (C=O) groups excluding carboxylic acids is 1. The number of carbonyl (C=O) groups is 1. The Morgan fingerprint density at radius 1 is 1.50 bits per heavy atom. The zero-order chi connectivity index (χ0) is 13.0. The highest BCUT2D eigenvalue weighted by atomic mass is 32.2. The van der Waals surface area contributed by atoms with Gasteiger partial charge in [-0.3, -0.25) is 4.79 Å². The molecule has 0 saturated carbocycles. The Morgan fingerprint density at radius 2 is 2.33 bits per heavy atom. The lowest BCUT2D eigenvalue weighted by Crippen LogP contribution is -2.25. The molecule has 1 aromatic rings. The van der Waals surface area contributed by atoms with Crippen molar-refractivity contribution >= 4 is 29.0 Å². The molecule has 1 amide bonds. The molecular weight excluding hydrogens is 251 g/mol. The maximum absolute atomic E-state index is 13.5.